The smallest absolute Gasteiger partial charge is 0.178 e. The second kappa shape index (κ2) is 4.52. The molecule has 21 heavy (non-hydrogen) atoms. The van der Waals surface area contributed by atoms with E-state index in [-0.39, 0.29) is 18.0 Å². The Hall–Kier alpha value is -1.96. The number of carbonyl (C=O) groups excluding carboxylic acids is 1. The summed E-state index contributed by atoms with van der Waals surface area (Å²) in [4.78, 5) is 12.3. The van der Waals surface area contributed by atoms with E-state index in [1.54, 1.807) is 6.08 Å². The van der Waals surface area contributed by atoms with E-state index in [1.165, 1.54) is 0 Å². The first-order valence-electron chi connectivity index (χ1n) is 6.99. The fraction of sp³-hybridized carbons (Fsp3) is 0.412. The van der Waals surface area contributed by atoms with Gasteiger partial charge in [-0.2, -0.15) is 5.26 Å². The van der Waals surface area contributed by atoms with E-state index in [0.29, 0.717) is 6.42 Å². The van der Waals surface area contributed by atoms with Crippen molar-refractivity contribution in [3.05, 3.63) is 47.0 Å². The van der Waals surface area contributed by atoms with E-state index in [0.717, 1.165) is 11.1 Å². The molecule has 0 fully saturated rings. The molecule has 0 radical (unpaired) electrons. The minimum absolute atomic E-state index is 0.122. The van der Waals surface area contributed by atoms with Crippen LogP contribution in [0.5, 0.6) is 0 Å². The number of carbonyl (C=O) groups is 1. The predicted octanol–water partition coefficient (Wildman–Crippen LogP) is 2.39. The number of nitriles is 1. The number of benzene rings is 1. The second-order valence-electron chi connectivity index (χ2n) is 6.33. The van der Waals surface area contributed by atoms with Crippen molar-refractivity contribution in [3.8, 4) is 6.07 Å². The maximum absolute atomic E-state index is 12.3. The van der Waals surface area contributed by atoms with Crippen LogP contribution in [-0.4, -0.2) is 17.5 Å². The number of fused-ring (bicyclic) bond motifs is 2. The van der Waals surface area contributed by atoms with Gasteiger partial charge in [0.25, 0.3) is 0 Å². The summed E-state index contributed by atoms with van der Waals surface area (Å²) in [6.07, 6.45) is 1.69. The Morgan fingerprint density at radius 3 is 2.81 bits per heavy atom. The first-order chi connectivity index (χ1) is 9.93. The molecular weight excluding hydrogens is 266 g/mol. The zero-order valence-electron chi connectivity index (χ0n) is 12.1. The topological polar surface area (TPSA) is 70.3 Å². The van der Waals surface area contributed by atoms with E-state index in [2.05, 4.69) is 0 Å². The Bertz CT molecular complexity index is 684. The third-order valence-electron chi connectivity index (χ3n) is 4.34. The van der Waals surface area contributed by atoms with Crippen LogP contribution in [0, 0.1) is 16.7 Å². The number of rotatable bonds is 1. The summed E-state index contributed by atoms with van der Waals surface area (Å²) in [6, 6.07) is 9.68. The van der Waals surface area contributed by atoms with Gasteiger partial charge >= 0.3 is 0 Å². The molecular formula is C17H17NO3. The lowest BCUT2D eigenvalue weighted by atomic mass is 9.68. The van der Waals surface area contributed by atoms with Crippen LogP contribution in [0.3, 0.4) is 0 Å². The van der Waals surface area contributed by atoms with Gasteiger partial charge in [-0.15, -0.1) is 0 Å². The Morgan fingerprint density at radius 2 is 2.14 bits per heavy atom. The largest absolute Gasteiger partial charge is 0.393 e. The molecule has 2 unspecified atom stereocenters. The van der Waals surface area contributed by atoms with Gasteiger partial charge in [0.15, 0.2) is 5.78 Å². The van der Waals surface area contributed by atoms with E-state index in [9.17, 15) is 15.2 Å². The Labute approximate surface area is 123 Å². The third-order valence-corrected chi connectivity index (χ3v) is 4.34. The average molecular weight is 283 g/mol. The number of Topliss-reactive ketones (excluding diaryl/α,β-unsaturated/α-hetero) is 1. The van der Waals surface area contributed by atoms with Crippen LogP contribution in [0.2, 0.25) is 0 Å². The zero-order valence-corrected chi connectivity index (χ0v) is 12.1. The number of hydrogen-bond acceptors (Lipinski definition) is 4. The van der Waals surface area contributed by atoms with Crippen molar-refractivity contribution in [3.63, 3.8) is 0 Å². The SMILES string of the molecule is CC1(C)CC2(C=C(C#N)C1=O)OC(CO)c1ccccc12. The molecule has 1 aliphatic carbocycles. The van der Waals surface area contributed by atoms with Gasteiger partial charge in [-0.3, -0.25) is 4.79 Å². The van der Waals surface area contributed by atoms with Crippen LogP contribution in [0.25, 0.3) is 0 Å². The molecule has 0 aromatic heterocycles. The maximum atomic E-state index is 12.3. The van der Waals surface area contributed by atoms with Gasteiger partial charge in [0.1, 0.15) is 17.8 Å². The number of ether oxygens (including phenoxy) is 1. The molecule has 1 N–H and O–H groups in total. The molecule has 0 saturated carbocycles. The van der Waals surface area contributed by atoms with Crippen molar-refractivity contribution in [2.24, 2.45) is 5.41 Å². The van der Waals surface area contributed by atoms with Crippen molar-refractivity contribution in [2.75, 3.05) is 6.61 Å². The number of aliphatic hydroxyl groups is 1. The molecule has 3 rings (SSSR count). The molecule has 4 nitrogen and oxygen atoms in total. The van der Waals surface area contributed by atoms with Gasteiger partial charge in [0, 0.05) is 5.41 Å². The van der Waals surface area contributed by atoms with E-state index in [4.69, 9.17) is 4.74 Å². The Kier molecular flexibility index (Phi) is 3.01. The highest BCUT2D eigenvalue weighted by Gasteiger charge is 2.52. The first kappa shape index (κ1) is 14.0. The van der Waals surface area contributed by atoms with Gasteiger partial charge in [-0.05, 0) is 23.6 Å². The van der Waals surface area contributed by atoms with Gasteiger partial charge in [0.2, 0.25) is 0 Å². The average Bonchev–Trinajstić information content (AvgIpc) is 2.77. The number of nitrogens with zero attached hydrogens (tertiary/aromatic N) is 1. The van der Waals surface area contributed by atoms with Crippen molar-refractivity contribution >= 4 is 5.78 Å². The lowest BCUT2D eigenvalue weighted by molar-refractivity contribution is -0.133. The molecule has 0 bridgehead atoms. The molecule has 0 saturated heterocycles. The van der Waals surface area contributed by atoms with Gasteiger partial charge in [-0.1, -0.05) is 38.1 Å². The summed E-state index contributed by atoms with van der Waals surface area (Å²) in [6.45, 7) is 3.54. The van der Waals surface area contributed by atoms with Crippen molar-refractivity contribution in [2.45, 2.75) is 32.0 Å². The van der Waals surface area contributed by atoms with Crippen LogP contribution >= 0.6 is 0 Å². The summed E-state index contributed by atoms with van der Waals surface area (Å²) in [5.74, 6) is -0.149. The molecule has 0 amide bonds. The molecule has 108 valence electrons. The summed E-state index contributed by atoms with van der Waals surface area (Å²) < 4.78 is 6.10. The highest BCUT2D eigenvalue weighted by molar-refractivity contribution is 6.04. The highest BCUT2D eigenvalue weighted by Crippen LogP contribution is 2.53. The van der Waals surface area contributed by atoms with E-state index >= 15 is 0 Å². The lowest BCUT2D eigenvalue weighted by Crippen LogP contribution is -2.41. The van der Waals surface area contributed by atoms with Crippen LogP contribution in [0.15, 0.2) is 35.9 Å². The second-order valence-corrected chi connectivity index (χ2v) is 6.33. The Morgan fingerprint density at radius 1 is 1.43 bits per heavy atom. The fourth-order valence-electron chi connectivity index (χ4n) is 3.46. The van der Waals surface area contributed by atoms with Crippen LogP contribution in [-0.2, 0) is 15.1 Å². The molecule has 2 atom stereocenters. The minimum Gasteiger partial charge on any atom is -0.393 e. The fourth-order valence-corrected chi connectivity index (χ4v) is 3.46. The quantitative estimate of drug-likeness (QED) is 0.859. The minimum atomic E-state index is -0.799. The standard InChI is InChI=1S/C17H17NO3/c1-16(2)10-17(7-11(8-18)15(16)20)13-6-4-3-5-12(13)14(9-19)21-17/h3-7,14,19H,9-10H2,1-2H3. The van der Waals surface area contributed by atoms with Crippen LogP contribution in [0.1, 0.15) is 37.5 Å². The van der Waals surface area contributed by atoms with Crippen LogP contribution < -0.4 is 0 Å². The van der Waals surface area contributed by atoms with Gasteiger partial charge in [0.05, 0.1) is 12.2 Å². The Balaban J connectivity index is 2.21. The number of ketones is 1. The molecule has 4 heteroatoms. The maximum Gasteiger partial charge on any atom is 0.178 e. The molecule has 1 heterocycles. The lowest BCUT2D eigenvalue weighted by Gasteiger charge is -2.39. The summed E-state index contributed by atoms with van der Waals surface area (Å²) in [5.41, 5.74) is 0.541. The molecule has 1 aromatic rings. The highest BCUT2D eigenvalue weighted by atomic mass is 16.5. The summed E-state index contributed by atoms with van der Waals surface area (Å²) in [5, 5.41) is 18.8. The third kappa shape index (κ3) is 1.93. The molecule has 1 spiro atoms. The monoisotopic (exact) mass is 283 g/mol. The zero-order chi connectivity index (χ0) is 15.3. The van der Waals surface area contributed by atoms with Crippen molar-refractivity contribution in [1.29, 1.82) is 5.26 Å². The summed E-state index contributed by atoms with van der Waals surface area (Å²) in [7, 11) is 0. The normalized spacial score (nSPS) is 29.9. The van der Waals surface area contributed by atoms with Gasteiger partial charge < -0.3 is 9.84 Å². The van der Waals surface area contributed by atoms with E-state index < -0.39 is 17.1 Å². The molecule has 1 aliphatic heterocycles. The predicted molar refractivity (Wildman–Crippen MR) is 76.1 cm³/mol. The molecule has 1 aromatic carbocycles. The summed E-state index contributed by atoms with van der Waals surface area (Å²) >= 11 is 0. The first-order valence-corrected chi connectivity index (χ1v) is 6.99. The van der Waals surface area contributed by atoms with Gasteiger partial charge in [-0.25, -0.2) is 0 Å². The van der Waals surface area contributed by atoms with Crippen molar-refractivity contribution in [1.82, 2.24) is 0 Å². The number of hydrogen-bond donors (Lipinski definition) is 1. The molecule has 2 aliphatic rings. The van der Waals surface area contributed by atoms with Crippen molar-refractivity contribution < 1.29 is 14.6 Å². The van der Waals surface area contributed by atoms with Crippen LogP contribution in [0.4, 0.5) is 0 Å². The number of allylic oxidation sites excluding steroid dienone is 1. The number of aliphatic hydroxyl groups excluding tert-OH is 1. The van der Waals surface area contributed by atoms with E-state index in [1.807, 2.05) is 44.2 Å².